The number of likely N-dealkylation sites (N-methyl/N-ethyl adjacent to an activating group) is 1. The molecule has 0 saturated heterocycles. The predicted octanol–water partition coefficient (Wildman–Crippen LogP) is 5.64. The number of hydrogen-bond acceptors (Lipinski definition) is 3. The van der Waals surface area contributed by atoms with Gasteiger partial charge in [0.05, 0.1) is 19.0 Å². The number of benzene rings is 2. The number of aryl methyl sites for hydroxylation is 2. The normalized spacial score (nSPS) is 12.5. The smallest absolute Gasteiger partial charge is 0.313 e. The molecule has 0 aliphatic heterocycles. The van der Waals surface area contributed by atoms with E-state index in [0.717, 1.165) is 41.9 Å². The van der Waals surface area contributed by atoms with Crippen molar-refractivity contribution in [3.63, 3.8) is 0 Å². The van der Waals surface area contributed by atoms with Crippen LogP contribution in [0.5, 0.6) is 0 Å². The summed E-state index contributed by atoms with van der Waals surface area (Å²) in [6.07, 6.45) is 1.03. The molecular formula is C29H43N2O3+. The molecule has 1 unspecified atom stereocenters. The molecule has 0 aliphatic carbocycles. The predicted molar refractivity (Wildman–Crippen MR) is 140 cm³/mol. The standard InChI is InChI=1S/C29H42N2O3/c1-8-31(9-2,20-27(32)30-28-22(5)11-10-12-23(28)6)17-18-34-29(33)24(7)26-15-13-25(14-16-26)19-21(3)4/h10-16,21,24H,8-9,17-20H2,1-7H3/p+1. The van der Waals surface area contributed by atoms with Gasteiger partial charge in [-0.15, -0.1) is 0 Å². The fraction of sp³-hybridized carbons (Fsp3) is 0.517. The molecule has 0 radical (unpaired) electrons. The SMILES string of the molecule is CC[N+](CC)(CCOC(=O)C(C)c1ccc(CC(C)C)cc1)CC(=O)Nc1c(C)cccc1C. The molecule has 0 spiro atoms. The highest BCUT2D eigenvalue weighted by Gasteiger charge is 2.28. The number of carbonyl (C=O) groups is 2. The van der Waals surface area contributed by atoms with Crippen LogP contribution in [0.1, 0.15) is 62.8 Å². The second-order valence-electron chi connectivity index (χ2n) is 9.90. The molecule has 0 aliphatic rings. The van der Waals surface area contributed by atoms with Gasteiger partial charge in [-0.3, -0.25) is 9.59 Å². The van der Waals surface area contributed by atoms with E-state index in [1.807, 2.05) is 51.1 Å². The Morgan fingerprint density at radius 2 is 1.53 bits per heavy atom. The Labute approximate surface area is 206 Å². The maximum atomic E-state index is 12.9. The molecule has 1 amide bonds. The molecule has 0 fully saturated rings. The summed E-state index contributed by atoms with van der Waals surface area (Å²) in [4.78, 5) is 25.6. The molecule has 1 atom stereocenters. The van der Waals surface area contributed by atoms with Crippen LogP contribution in [0.25, 0.3) is 0 Å². The molecule has 0 heterocycles. The molecule has 0 saturated carbocycles. The summed E-state index contributed by atoms with van der Waals surface area (Å²) < 4.78 is 6.24. The number of rotatable bonds is 12. The minimum Gasteiger partial charge on any atom is -0.459 e. The first-order chi connectivity index (χ1) is 16.1. The lowest BCUT2D eigenvalue weighted by molar-refractivity contribution is -0.917. The number of carbonyl (C=O) groups excluding carboxylic acids is 2. The Morgan fingerprint density at radius 1 is 0.941 bits per heavy atom. The van der Waals surface area contributed by atoms with Crippen LogP contribution in [-0.4, -0.2) is 49.1 Å². The van der Waals surface area contributed by atoms with Gasteiger partial charge >= 0.3 is 5.97 Å². The van der Waals surface area contributed by atoms with Crippen LogP contribution in [0.4, 0.5) is 5.69 Å². The van der Waals surface area contributed by atoms with E-state index in [2.05, 4.69) is 45.1 Å². The van der Waals surface area contributed by atoms with Crippen molar-refractivity contribution in [1.29, 1.82) is 0 Å². The van der Waals surface area contributed by atoms with Gasteiger partial charge in [0, 0.05) is 5.69 Å². The Kier molecular flexibility index (Phi) is 10.3. The van der Waals surface area contributed by atoms with E-state index in [1.54, 1.807) is 0 Å². The number of anilines is 1. The Bertz CT molecular complexity index is 926. The second kappa shape index (κ2) is 12.7. The van der Waals surface area contributed by atoms with E-state index >= 15 is 0 Å². The number of quaternary nitrogens is 1. The van der Waals surface area contributed by atoms with E-state index in [-0.39, 0.29) is 17.8 Å². The summed E-state index contributed by atoms with van der Waals surface area (Å²) in [7, 11) is 0. The first-order valence-electron chi connectivity index (χ1n) is 12.6. The van der Waals surface area contributed by atoms with Crippen LogP contribution in [0.15, 0.2) is 42.5 Å². The van der Waals surface area contributed by atoms with E-state index in [1.165, 1.54) is 5.56 Å². The molecule has 2 aromatic rings. The van der Waals surface area contributed by atoms with Crippen LogP contribution < -0.4 is 5.32 Å². The van der Waals surface area contributed by atoms with E-state index in [0.29, 0.717) is 30.1 Å². The van der Waals surface area contributed by atoms with Gasteiger partial charge < -0.3 is 14.5 Å². The average Bonchev–Trinajstić information content (AvgIpc) is 2.80. The van der Waals surface area contributed by atoms with Crippen molar-refractivity contribution in [3.8, 4) is 0 Å². The van der Waals surface area contributed by atoms with Gasteiger partial charge in [0.25, 0.3) is 5.91 Å². The fourth-order valence-electron chi connectivity index (χ4n) is 4.35. The van der Waals surface area contributed by atoms with Crippen molar-refractivity contribution in [2.45, 2.75) is 60.8 Å². The summed E-state index contributed by atoms with van der Waals surface area (Å²) >= 11 is 0. The third-order valence-electron chi connectivity index (χ3n) is 6.85. The molecule has 2 rings (SSSR count). The first-order valence-corrected chi connectivity index (χ1v) is 12.6. The number of para-hydroxylation sites is 1. The fourth-order valence-corrected chi connectivity index (χ4v) is 4.35. The monoisotopic (exact) mass is 467 g/mol. The van der Waals surface area contributed by atoms with Crippen LogP contribution in [0.2, 0.25) is 0 Å². The second-order valence-corrected chi connectivity index (χ2v) is 9.90. The minimum atomic E-state index is -0.314. The average molecular weight is 468 g/mol. The molecule has 1 N–H and O–H groups in total. The van der Waals surface area contributed by atoms with Crippen LogP contribution >= 0.6 is 0 Å². The van der Waals surface area contributed by atoms with E-state index in [4.69, 9.17) is 4.74 Å². The number of nitrogens with zero attached hydrogens (tertiary/aromatic N) is 1. The minimum absolute atomic E-state index is 0.0118. The Balaban J connectivity index is 1.93. The van der Waals surface area contributed by atoms with Crippen molar-refractivity contribution in [2.24, 2.45) is 5.92 Å². The number of nitrogens with one attached hydrogen (secondary N) is 1. The van der Waals surface area contributed by atoms with Crippen molar-refractivity contribution in [2.75, 3.05) is 38.1 Å². The van der Waals surface area contributed by atoms with Crippen LogP contribution in [0.3, 0.4) is 0 Å². The van der Waals surface area contributed by atoms with Gasteiger partial charge in [-0.2, -0.15) is 0 Å². The zero-order valence-electron chi connectivity index (χ0n) is 22.1. The Hall–Kier alpha value is -2.66. The molecule has 0 aromatic heterocycles. The van der Waals surface area contributed by atoms with Crippen molar-refractivity contribution in [1.82, 2.24) is 0 Å². The third-order valence-corrected chi connectivity index (χ3v) is 6.85. The molecule has 5 nitrogen and oxygen atoms in total. The summed E-state index contributed by atoms with van der Waals surface area (Å²) in [5, 5.41) is 3.10. The summed E-state index contributed by atoms with van der Waals surface area (Å²) in [5.41, 5.74) is 5.25. The van der Waals surface area contributed by atoms with E-state index in [9.17, 15) is 9.59 Å². The molecule has 2 aromatic carbocycles. The largest absolute Gasteiger partial charge is 0.459 e. The lowest BCUT2D eigenvalue weighted by Crippen LogP contribution is -2.54. The van der Waals surface area contributed by atoms with Gasteiger partial charge in [0.15, 0.2) is 6.54 Å². The third kappa shape index (κ3) is 7.69. The molecule has 0 bridgehead atoms. The van der Waals surface area contributed by atoms with Gasteiger partial charge in [0.1, 0.15) is 13.2 Å². The van der Waals surface area contributed by atoms with Gasteiger partial charge in [0.2, 0.25) is 0 Å². The quantitative estimate of drug-likeness (QED) is 0.324. The van der Waals surface area contributed by atoms with Crippen molar-refractivity contribution >= 4 is 17.6 Å². The molecule has 34 heavy (non-hydrogen) atoms. The highest BCUT2D eigenvalue weighted by atomic mass is 16.5. The number of ether oxygens (including phenoxy) is 1. The van der Waals surface area contributed by atoms with E-state index < -0.39 is 0 Å². The highest BCUT2D eigenvalue weighted by molar-refractivity contribution is 5.93. The topological polar surface area (TPSA) is 55.4 Å². The summed E-state index contributed by atoms with van der Waals surface area (Å²) in [6.45, 7) is 17.3. The van der Waals surface area contributed by atoms with Crippen molar-refractivity contribution < 1.29 is 18.8 Å². The zero-order chi connectivity index (χ0) is 25.3. The lowest BCUT2D eigenvalue weighted by Gasteiger charge is -2.36. The highest BCUT2D eigenvalue weighted by Crippen LogP contribution is 2.21. The number of esters is 1. The summed E-state index contributed by atoms with van der Waals surface area (Å²) in [6, 6.07) is 14.3. The van der Waals surface area contributed by atoms with Gasteiger partial charge in [-0.1, -0.05) is 56.3 Å². The van der Waals surface area contributed by atoms with Gasteiger partial charge in [-0.25, -0.2) is 0 Å². The number of amides is 1. The molecular weight excluding hydrogens is 424 g/mol. The molecule has 186 valence electrons. The maximum absolute atomic E-state index is 12.9. The lowest BCUT2D eigenvalue weighted by atomic mass is 9.97. The molecule has 5 heteroatoms. The maximum Gasteiger partial charge on any atom is 0.313 e. The zero-order valence-corrected chi connectivity index (χ0v) is 22.1. The van der Waals surface area contributed by atoms with Crippen molar-refractivity contribution in [3.05, 3.63) is 64.7 Å². The number of hydrogen-bond donors (Lipinski definition) is 1. The van der Waals surface area contributed by atoms with Gasteiger partial charge in [-0.05, 0) is 69.2 Å². The Morgan fingerprint density at radius 3 is 2.06 bits per heavy atom. The summed E-state index contributed by atoms with van der Waals surface area (Å²) in [5.74, 6) is 0.0568. The first kappa shape index (κ1) is 27.6. The van der Waals surface area contributed by atoms with Crippen LogP contribution in [0, 0.1) is 19.8 Å². The van der Waals surface area contributed by atoms with Crippen LogP contribution in [-0.2, 0) is 20.7 Å².